The molecule has 27 heavy (non-hydrogen) atoms. The molecule has 0 heterocycles. The van der Waals surface area contributed by atoms with Crippen LogP contribution in [0.4, 0.5) is 5.69 Å². The van der Waals surface area contributed by atoms with Gasteiger partial charge in [-0.15, -0.1) is 0 Å². The third-order valence-corrected chi connectivity index (χ3v) is 3.51. The van der Waals surface area contributed by atoms with E-state index in [0.29, 0.717) is 16.8 Å². The summed E-state index contributed by atoms with van der Waals surface area (Å²) in [4.78, 5) is 36.1. The molecule has 0 aliphatic rings. The average Bonchev–Trinajstić information content (AvgIpc) is 2.68. The van der Waals surface area contributed by atoms with Gasteiger partial charge in [-0.3, -0.25) is 4.79 Å². The number of esters is 2. The zero-order valence-electron chi connectivity index (χ0n) is 15.2. The Balaban J connectivity index is 2.17. The first-order valence-electron chi connectivity index (χ1n) is 8.57. The molecule has 0 amide bonds. The molecule has 0 radical (unpaired) electrons. The maximum absolute atomic E-state index is 12.4. The highest BCUT2D eigenvalue weighted by atomic mass is 16.5. The van der Waals surface area contributed by atoms with E-state index in [-0.39, 0.29) is 24.7 Å². The number of rotatable bonds is 8. The summed E-state index contributed by atoms with van der Waals surface area (Å²) >= 11 is 0. The van der Waals surface area contributed by atoms with Gasteiger partial charge in [-0.05, 0) is 38.1 Å². The maximum Gasteiger partial charge on any atom is 0.355 e. The van der Waals surface area contributed by atoms with Crippen molar-refractivity contribution in [2.24, 2.45) is 0 Å². The van der Waals surface area contributed by atoms with Crippen molar-refractivity contribution in [1.29, 1.82) is 0 Å². The molecule has 1 N–H and O–H groups in total. The largest absolute Gasteiger partial charge is 0.463 e. The van der Waals surface area contributed by atoms with Crippen LogP contribution in [0.5, 0.6) is 0 Å². The third kappa shape index (κ3) is 5.81. The summed E-state index contributed by atoms with van der Waals surface area (Å²) in [6.07, 6.45) is 1.05. The van der Waals surface area contributed by atoms with Crippen LogP contribution in [0.15, 0.2) is 66.4 Å². The van der Waals surface area contributed by atoms with Crippen molar-refractivity contribution in [3.8, 4) is 0 Å². The normalized spacial score (nSPS) is 10.8. The Bertz CT molecular complexity index is 825. The number of ether oxygens (including phenoxy) is 2. The van der Waals surface area contributed by atoms with Gasteiger partial charge < -0.3 is 14.8 Å². The minimum absolute atomic E-state index is 0.0440. The molecule has 0 spiro atoms. The average molecular weight is 367 g/mol. The SMILES string of the molecule is CCOC(=O)C=C(Nc1ccc(C(=O)c2ccccc2)cc1)C(=O)OCC. The van der Waals surface area contributed by atoms with Crippen LogP contribution in [0.1, 0.15) is 29.8 Å². The van der Waals surface area contributed by atoms with Crippen molar-refractivity contribution in [3.05, 3.63) is 77.5 Å². The van der Waals surface area contributed by atoms with Gasteiger partial charge in [0, 0.05) is 16.8 Å². The molecule has 6 nitrogen and oxygen atoms in total. The van der Waals surface area contributed by atoms with Crippen molar-refractivity contribution in [2.45, 2.75) is 13.8 Å². The fraction of sp³-hybridized carbons (Fsp3) is 0.190. The minimum atomic E-state index is -0.671. The highest BCUT2D eigenvalue weighted by Crippen LogP contribution is 2.16. The molecule has 140 valence electrons. The first-order chi connectivity index (χ1) is 13.0. The summed E-state index contributed by atoms with van der Waals surface area (Å²) < 4.78 is 9.77. The number of nitrogens with one attached hydrogen (secondary N) is 1. The number of anilines is 1. The molecule has 0 atom stereocenters. The second-order valence-electron chi connectivity index (χ2n) is 5.43. The smallest absolute Gasteiger partial charge is 0.355 e. The van der Waals surface area contributed by atoms with Crippen LogP contribution < -0.4 is 5.32 Å². The van der Waals surface area contributed by atoms with Gasteiger partial charge in [0.05, 0.1) is 19.3 Å². The van der Waals surface area contributed by atoms with Gasteiger partial charge in [0.1, 0.15) is 5.70 Å². The maximum atomic E-state index is 12.4. The summed E-state index contributed by atoms with van der Waals surface area (Å²) in [7, 11) is 0. The highest BCUT2D eigenvalue weighted by molar-refractivity contribution is 6.09. The molecule has 2 aromatic rings. The zero-order valence-corrected chi connectivity index (χ0v) is 15.2. The Morgan fingerprint density at radius 3 is 2.04 bits per heavy atom. The van der Waals surface area contributed by atoms with Crippen LogP contribution in [-0.2, 0) is 19.1 Å². The zero-order chi connectivity index (χ0) is 19.6. The third-order valence-electron chi connectivity index (χ3n) is 3.51. The van der Waals surface area contributed by atoms with Crippen LogP contribution >= 0.6 is 0 Å². The molecule has 2 aromatic carbocycles. The molecule has 0 fully saturated rings. The van der Waals surface area contributed by atoms with E-state index in [1.54, 1.807) is 62.4 Å². The van der Waals surface area contributed by atoms with E-state index in [2.05, 4.69) is 5.32 Å². The standard InChI is InChI=1S/C21H21NO5/c1-3-26-19(23)14-18(21(25)27-4-2)22-17-12-10-16(11-13-17)20(24)15-8-6-5-7-9-15/h5-14,22H,3-4H2,1-2H3. The molecular weight excluding hydrogens is 346 g/mol. The van der Waals surface area contributed by atoms with Crippen LogP contribution in [0.3, 0.4) is 0 Å². The molecule has 0 aromatic heterocycles. The van der Waals surface area contributed by atoms with Crippen molar-refractivity contribution in [1.82, 2.24) is 0 Å². The molecule has 0 bridgehead atoms. The lowest BCUT2D eigenvalue weighted by atomic mass is 10.0. The van der Waals surface area contributed by atoms with Crippen LogP contribution in [0, 0.1) is 0 Å². The van der Waals surface area contributed by atoms with Crippen molar-refractivity contribution >= 4 is 23.4 Å². The Hall–Kier alpha value is -3.41. The summed E-state index contributed by atoms with van der Waals surface area (Å²) in [6.45, 7) is 3.71. The lowest BCUT2D eigenvalue weighted by Crippen LogP contribution is -2.17. The Morgan fingerprint density at radius 1 is 0.852 bits per heavy atom. The number of hydrogen-bond acceptors (Lipinski definition) is 6. The molecule has 0 aliphatic heterocycles. The Kier molecular flexibility index (Phi) is 7.31. The van der Waals surface area contributed by atoms with Gasteiger partial charge >= 0.3 is 11.9 Å². The lowest BCUT2D eigenvalue weighted by molar-refractivity contribution is -0.140. The highest BCUT2D eigenvalue weighted by Gasteiger charge is 2.14. The van der Waals surface area contributed by atoms with Crippen LogP contribution in [-0.4, -0.2) is 30.9 Å². The van der Waals surface area contributed by atoms with E-state index in [1.807, 2.05) is 6.07 Å². The van der Waals surface area contributed by atoms with Gasteiger partial charge in [0.25, 0.3) is 0 Å². The molecule has 0 aliphatic carbocycles. The molecule has 2 rings (SSSR count). The monoisotopic (exact) mass is 367 g/mol. The Labute approximate surface area is 157 Å². The van der Waals surface area contributed by atoms with Gasteiger partial charge in [0.15, 0.2) is 5.78 Å². The van der Waals surface area contributed by atoms with Crippen molar-refractivity contribution in [2.75, 3.05) is 18.5 Å². The Morgan fingerprint density at radius 2 is 1.44 bits per heavy atom. The minimum Gasteiger partial charge on any atom is -0.463 e. The fourth-order valence-corrected chi connectivity index (χ4v) is 2.27. The summed E-state index contributed by atoms with van der Waals surface area (Å²) in [5.41, 5.74) is 1.59. The predicted octanol–water partition coefficient (Wildman–Crippen LogP) is 3.34. The van der Waals surface area contributed by atoms with E-state index in [9.17, 15) is 14.4 Å². The van der Waals surface area contributed by atoms with Crippen LogP contribution in [0.2, 0.25) is 0 Å². The van der Waals surface area contributed by atoms with Gasteiger partial charge in [-0.2, -0.15) is 0 Å². The van der Waals surface area contributed by atoms with E-state index in [1.165, 1.54) is 0 Å². The van der Waals surface area contributed by atoms with Gasteiger partial charge in [-0.1, -0.05) is 30.3 Å². The van der Waals surface area contributed by atoms with E-state index >= 15 is 0 Å². The molecular formula is C21H21NO5. The number of benzene rings is 2. The van der Waals surface area contributed by atoms with Gasteiger partial charge in [-0.25, -0.2) is 9.59 Å². The quantitative estimate of drug-likeness (QED) is 0.438. The molecule has 0 unspecified atom stereocenters. The van der Waals surface area contributed by atoms with E-state index < -0.39 is 11.9 Å². The number of ketones is 1. The number of hydrogen-bond donors (Lipinski definition) is 1. The van der Waals surface area contributed by atoms with Crippen molar-refractivity contribution in [3.63, 3.8) is 0 Å². The summed E-state index contributed by atoms with van der Waals surface area (Å²) in [6, 6.07) is 15.5. The first-order valence-corrected chi connectivity index (χ1v) is 8.57. The number of carbonyl (C=O) groups excluding carboxylic acids is 3. The first kappa shape index (κ1) is 19.9. The van der Waals surface area contributed by atoms with Crippen LogP contribution in [0.25, 0.3) is 0 Å². The second-order valence-corrected chi connectivity index (χ2v) is 5.43. The van der Waals surface area contributed by atoms with Crippen molar-refractivity contribution < 1.29 is 23.9 Å². The number of carbonyl (C=O) groups is 3. The summed E-state index contributed by atoms with van der Waals surface area (Å²) in [5.74, 6) is -1.42. The second kappa shape index (κ2) is 9.91. The predicted molar refractivity (Wildman–Crippen MR) is 101 cm³/mol. The van der Waals surface area contributed by atoms with E-state index in [0.717, 1.165) is 6.08 Å². The molecule has 0 saturated carbocycles. The molecule has 6 heteroatoms. The van der Waals surface area contributed by atoms with E-state index in [4.69, 9.17) is 9.47 Å². The molecule has 0 saturated heterocycles. The fourth-order valence-electron chi connectivity index (χ4n) is 2.27. The summed E-state index contributed by atoms with van der Waals surface area (Å²) in [5, 5.41) is 2.83. The lowest BCUT2D eigenvalue weighted by Gasteiger charge is -2.11. The topological polar surface area (TPSA) is 81.7 Å². The van der Waals surface area contributed by atoms with Gasteiger partial charge in [0.2, 0.25) is 0 Å².